The van der Waals surface area contributed by atoms with Gasteiger partial charge in [-0.3, -0.25) is 9.80 Å². The highest BCUT2D eigenvalue weighted by atomic mass is 16.2. The minimum Gasteiger partial charge on any atom is -0.341 e. The van der Waals surface area contributed by atoms with Crippen LogP contribution in [-0.4, -0.2) is 42.2 Å². The number of urea groups is 1. The maximum absolute atomic E-state index is 13.2. The lowest BCUT2D eigenvalue weighted by Gasteiger charge is -2.33. The highest BCUT2D eigenvalue weighted by Gasteiger charge is 2.27. The molecule has 0 bridgehead atoms. The second-order valence-electron chi connectivity index (χ2n) is 6.32. The van der Waals surface area contributed by atoms with Crippen LogP contribution in [-0.2, 0) is 6.42 Å². The van der Waals surface area contributed by atoms with Crippen LogP contribution in [0, 0.1) is 0 Å². The molecule has 0 radical (unpaired) electrons. The number of hydrogen-bond acceptors (Lipinski definition) is 4. The van der Waals surface area contributed by atoms with E-state index >= 15 is 0 Å². The summed E-state index contributed by atoms with van der Waals surface area (Å²) < 4.78 is 0. The molecule has 0 atom stereocenters. The highest BCUT2D eigenvalue weighted by molar-refractivity contribution is 6.04. The molecule has 1 aromatic carbocycles. The zero-order valence-corrected chi connectivity index (χ0v) is 15.9. The van der Waals surface area contributed by atoms with Crippen molar-refractivity contribution >= 4 is 23.4 Å². The normalized spacial score (nSPS) is 13.3. The molecule has 0 N–H and O–H groups in total. The number of carbonyl (C=O) groups is 1. The Morgan fingerprint density at radius 2 is 1.77 bits per heavy atom. The number of carbonyl (C=O) groups excluding carboxylic acids is 1. The summed E-state index contributed by atoms with van der Waals surface area (Å²) in [6, 6.07) is 8.14. The van der Waals surface area contributed by atoms with E-state index in [9.17, 15) is 4.79 Å². The third-order valence-electron chi connectivity index (χ3n) is 4.87. The molecular formula is C20H27N5O. The van der Waals surface area contributed by atoms with Gasteiger partial charge in [-0.1, -0.05) is 18.2 Å². The lowest BCUT2D eigenvalue weighted by atomic mass is 10.0. The summed E-state index contributed by atoms with van der Waals surface area (Å²) in [7, 11) is 0. The van der Waals surface area contributed by atoms with Crippen molar-refractivity contribution in [2.75, 3.05) is 40.9 Å². The van der Waals surface area contributed by atoms with Gasteiger partial charge in [0, 0.05) is 31.9 Å². The monoisotopic (exact) mass is 353 g/mol. The van der Waals surface area contributed by atoms with Crippen molar-refractivity contribution in [3.63, 3.8) is 0 Å². The van der Waals surface area contributed by atoms with Crippen molar-refractivity contribution in [3.05, 3.63) is 42.2 Å². The minimum absolute atomic E-state index is 0.0150. The summed E-state index contributed by atoms with van der Waals surface area (Å²) in [5, 5.41) is 0. The van der Waals surface area contributed by atoms with E-state index in [1.54, 1.807) is 17.3 Å². The van der Waals surface area contributed by atoms with E-state index in [4.69, 9.17) is 0 Å². The summed E-state index contributed by atoms with van der Waals surface area (Å²) >= 11 is 0. The summed E-state index contributed by atoms with van der Waals surface area (Å²) in [6.07, 6.45) is 5.50. The minimum atomic E-state index is -0.0150. The van der Waals surface area contributed by atoms with Gasteiger partial charge in [0.1, 0.15) is 0 Å². The van der Waals surface area contributed by atoms with Crippen molar-refractivity contribution in [1.82, 2.24) is 9.97 Å². The van der Waals surface area contributed by atoms with Crippen LogP contribution < -0.4 is 14.7 Å². The Bertz CT molecular complexity index is 742. The van der Waals surface area contributed by atoms with Crippen LogP contribution in [0.15, 0.2) is 36.7 Å². The number of fused-ring (bicyclic) bond motifs is 1. The number of para-hydroxylation sites is 1. The zero-order chi connectivity index (χ0) is 18.5. The van der Waals surface area contributed by atoms with Crippen LogP contribution in [0.25, 0.3) is 0 Å². The van der Waals surface area contributed by atoms with Gasteiger partial charge < -0.3 is 4.90 Å². The van der Waals surface area contributed by atoms with Crippen molar-refractivity contribution in [2.45, 2.75) is 33.6 Å². The Labute approximate surface area is 155 Å². The number of hydrogen-bond donors (Lipinski definition) is 0. The molecule has 2 amide bonds. The number of rotatable bonds is 5. The number of benzene rings is 1. The van der Waals surface area contributed by atoms with Gasteiger partial charge in [-0.2, -0.15) is 0 Å². The van der Waals surface area contributed by atoms with Gasteiger partial charge >= 0.3 is 6.03 Å². The molecule has 1 aromatic heterocycles. The van der Waals surface area contributed by atoms with E-state index in [0.29, 0.717) is 12.5 Å². The molecule has 2 aromatic rings. The number of nitrogens with zero attached hydrogens (tertiary/aromatic N) is 5. The average Bonchev–Trinajstić information content (AvgIpc) is 2.70. The quantitative estimate of drug-likeness (QED) is 0.822. The third-order valence-corrected chi connectivity index (χ3v) is 4.87. The summed E-state index contributed by atoms with van der Waals surface area (Å²) in [5.74, 6) is 0.700. The van der Waals surface area contributed by atoms with E-state index < -0.39 is 0 Å². The Morgan fingerprint density at radius 3 is 2.42 bits per heavy atom. The van der Waals surface area contributed by atoms with Gasteiger partial charge in [0.25, 0.3) is 0 Å². The molecule has 0 fully saturated rings. The molecular weight excluding hydrogens is 326 g/mol. The molecule has 26 heavy (non-hydrogen) atoms. The average molecular weight is 353 g/mol. The first-order chi connectivity index (χ1) is 12.7. The van der Waals surface area contributed by atoms with E-state index in [-0.39, 0.29) is 6.03 Å². The van der Waals surface area contributed by atoms with E-state index in [1.807, 2.05) is 30.0 Å². The SMILES string of the molecule is CCN(CC)c1ncc(N(CC)C(=O)N2CCCc3ccccc32)cn1. The largest absolute Gasteiger partial charge is 0.341 e. The first kappa shape index (κ1) is 18.2. The molecule has 0 unspecified atom stereocenters. The first-order valence-corrected chi connectivity index (χ1v) is 9.43. The summed E-state index contributed by atoms with van der Waals surface area (Å²) in [6.45, 7) is 9.17. The molecule has 0 aliphatic carbocycles. The third kappa shape index (κ3) is 3.49. The highest BCUT2D eigenvalue weighted by Crippen LogP contribution is 2.28. The zero-order valence-electron chi connectivity index (χ0n) is 15.9. The lowest BCUT2D eigenvalue weighted by molar-refractivity contribution is 0.251. The molecule has 3 rings (SSSR count). The van der Waals surface area contributed by atoms with Crippen molar-refractivity contribution in [2.24, 2.45) is 0 Å². The molecule has 0 spiro atoms. The van der Waals surface area contributed by atoms with Crippen LogP contribution in [0.5, 0.6) is 0 Å². The van der Waals surface area contributed by atoms with Gasteiger partial charge in [0.2, 0.25) is 5.95 Å². The van der Waals surface area contributed by atoms with Crippen molar-refractivity contribution < 1.29 is 4.79 Å². The fraction of sp³-hybridized carbons (Fsp3) is 0.450. The van der Waals surface area contributed by atoms with Gasteiger partial charge in [-0.15, -0.1) is 0 Å². The molecule has 1 aliphatic rings. The fourth-order valence-electron chi connectivity index (χ4n) is 3.43. The van der Waals surface area contributed by atoms with Crippen molar-refractivity contribution in [1.29, 1.82) is 0 Å². The summed E-state index contributed by atoms with van der Waals surface area (Å²) in [5.41, 5.74) is 2.98. The Kier molecular flexibility index (Phi) is 5.71. The predicted molar refractivity (Wildman–Crippen MR) is 106 cm³/mol. The topological polar surface area (TPSA) is 52.6 Å². The van der Waals surface area contributed by atoms with Crippen LogP contribution in [0.4, 0.5) is 22.1 Å². The van der Waals surface area contributed by atoms with Crippen LogP contribution in [0.2, 0.25) is 0 Å². The van der Waals surface area contributed by atoms with Crippen LogP contribution >= 0.6 is 0 Å². The van der Waals surface area contributed by atoms with Gasteiger partial charge in [0.15, 0.2) is 0 Å². The Morgan fingerprint density at radius 1 is 1.08 bits per heavy atom. The molecule has 1 aliphatic heterocycles. The molecule has 138 valence electrons. The van der Waals surface area contributed by atoms with Crippen LogP contribution in [0.1, 0.15) is 32.8 Å². The number of amides is 2. The second-order valence-corrected chi connectivity index (χ2v) is 6.32. The van der Waals surface area contributed by atoms with Gasteiger partial charge in [0.05, 0.1) is 18.1 Å². The lowest BCUT2D eigenvalue weighted by Crippen LogP contribution is -2.45. The number of aryl methyl sites for hydroxylation is 1. The number of anilines is 3. The second kappa shape index (κ2) is 8.17. The van der Waals surface area contributed by atoms with Crippen molar-refractivity contribution in [3.8, 4) is 0 Å². The van der Waals surface area contributed by atoms with E-state index in [1.165, 1.54) is 5.56 Å². The van der Waals surface area contributed by atoms with Crippen LogP contribution in [0.3, 0.4) is 0 Å². The molecule has 0 saturated carbocycles. The Hall–Kier alpha value is -2.63. The molecule has 6 nitrogen and oxygen atoms in total. The smallest absolute Gasteiger partial charge is 0.329 e. The maximum Gasteiger partial charge on any atom is 0.329 e. The first-order valence-electron chi connectivity index (χ1n) is 9.43. The maximum atomic E-state index is 13.2. The standard InChI is InChI=1S/C20H27N5O/c1-4-23(5-2)19-21-14-17(15-22-19)24(6-3)20(26)25-13-9-11-16-10-7-8-12-18(16)25/h7-8,10,12,14-15H,4-6,9,11,13H2,1-3H3. The molecule has 0 saturated heterocycles. The molecule has 6 heteroatoms. The number of aromatic nitrogens is 2. The van der Waals surface area contributed by atoms with E-state index in [2.05, 4.69) is 34.8 Å². The molecule has 2 heterocycles. The van der Waals surface area contributed by atoms with E-state index in [0.717, 1.165) is 43.9 Å². The fourth-order valence-corrected chi connectivity index (χ4v) is 3.43. The van der Waals surface area contributed by atoms with Gasteiger partial charge in [-0.25, -0.2) is 14.8 Å². The predicted octanol–water partition coefficient (Wildman–Crippen LogP) is 3.72. The Balaban J connectivity index is 1.84. The van der Waals surface area contributed by atoms with Gasteiger partial charge in [-0.05, 0) is 45.2 Å². The summed E-state index contributed by atoms with van der Waals surface area (Å²) in [4.78, 5) is 27.8.